The van der Waals surface area contributed by atoms with Crippen molar-refractivity contribution in [2.24, 2.45) is 0 Å². The van der Waals surface area contributed by atoms with Gasteiger partial charge in [0.05, 0.1) is 7.11 Å². The number of pyridine rings is 2. The van der Waals surface area contributed by atoms with E-state index in [4.69, 9.17) is 4.74 Å². The third kappa shape index (κ3) is 5.92. The van der Waals surface area contributed by atoms with Crippen LogP contribution in [0.25, 0.3) is 11.1 Å². The van der Waals surface area contributed by atoms with Gasteiger partial charge < -0.3 is 10.1 Å². The Morgan fingerprint density at radius 2 is 1.74 bits per heavy atom. The number of alkyl halides is 3. The zero-order valence-electron chi connectivity index (χ0n) is 19.9. The van der Waals surface area contributed by atoms with Gasteiger partial charge in [0.1, 0.15) is 5.70 Å². The number of nitrogens with one attached hydrogen (secondary N) is 1. The van der Waals surface area contributed by atoms with Crippen LogP contribution in [-0.2, 0) is 0 Å². The molecule has 0 fully saturated rings. The molecule has 0 atom stereocenters. The summed E-state index contributed by atoms with van der Waals surface area (Å²) in [4.78, 5) is 20.5. The van der Waals surface area contributed by atoms with Crippen molar-refractivity contribution in [1.82, 2.24) is 20.2 Å². The Morgan fingerprint density at radius 3 is 2.38 bits per heavy atom. The molecule has 13 heteroatoms. The van der Waals surface area contributed by atoms with Crippen molar-refractivity contribution < 1.29 is 27.1 Å². The molecular formula is C26H17F4IN6O2. The van der Waals surface area contributed by atoms with Crippen LogP contribution in [0.2, 0.25) is 0 Å². The monoisotopic (exact) mass is 648 g/mol. The van der Waals surface area contributed by atoms with Gasteiger partial charge in [-0.05, 0) is 54.1 Å². The van der Waals surface area contributed by atoms with E-state index in [9.17, 15) is 22.4 Å². The molecule has 0 spiro atoms. The SMILES string of the molecule is COc1ccc(C2=IN(c3ccc(NC(=O)c4cccc(-c5ccc(F)nc5)c4)nn3)C(C(F)(F)F)=C2)cn1. The summed E-state index contributed by atoms with van der Waals surface area (Å²) in [6, 6.07) is 15.4. The van der Waals surface area contributed by atoms with Gasteiger partial charge in [-0.15, -0.1) is 10.2 Å². The van der Waals surface area contributed by atoms with Crippen molar-refractivity contribution in [3.05, 3.63) is 102 Å². The number of nitrogens with zero attached hydrogens (tertiary/aromatic N) is 5. The molecule has 1 aromatic carbocycles. The molecule has 198 valence electrons. The van der Waals surface area contributed by atoms with Gasteiger partial charge in [-0.1, -0.05) is 12.1 Å². The number of benzene rings is 1. The third-order valence-corrected chi connectivity index (χ3v) is 8.39. The molecule has 0 unspecified atom stereocenters. The van der Waals surface area contributed by atoms with Gasteiger partial charge in [-0.2, -0.15) is 17.6 Å². The third-order valence-electron chi connectivity index (χ3n) is 5.44. The van der Waals surface area contributed by atoms with Gasteiger partial charge in [0.25, 0.3) is 5.91 Å². The molecule has 5 rings (SSSR count). The molecule has 0 aliphatic carbocycles. The van der Waals surface area contributed by atoms with E-state index in [-0.39, 0.29) is 11.6 Å². The van der Waals surface area contributed by atoms with Crippen LogP contribution in [0, 0.1) is 5.95 Å². The molecule has 1 N–H and O–H groups in total. The number of hydrogen-bond acceptors (Lipinski definition) is 7. The molecule has 1 amide bonds. The number of carbonyl (C=O) groups excluding carboxylic acids is 1. The Morgan fingerprint density at radius 1 is 0.949 bits per heavy atom. The van der Waals surface area contributed by atoms with E-state index in [2.05, 4.69) is 25.5 Å². The Bertz CT molecular complexity index is 1570. The lowest BCUT2D eigenvalue weighted by molar-refractivity contribution is -0.0912. The number of rotatable bonds is 6. The molecule has 0 saturated carbocycles. The molecule has 8 nitrogen and oxygen atoms in total. The number of aromatic nitrogens is 4. The predicted octanol–water partition coefficient (Wildman–Crippen LogP) is 5.71. The maximum Gasteiger partial charge on any atom is 0.432 e. The summed E-state index contributed by atoms with van der Waals surface area (Å²) in [7, 11) is 1.45. The molecular weight excluding hydrogens is 631 g/mol. The van der Waals surface area contributed by atoms with Crippen LogP contribution in [-0.4, -0.2) is 42.9 Å². The molecule has 39 heavy (non-hydrogen) atoms. The number of halogens is 5. The first-order chi connectivity index (χ1) is 18.7. The van der Waals surface area contributed by atoms with Crippen LogP contribution in [0.1, 0.15) is 15.9 Å². The van der Waals surface area contributed by atoms with E-state index in [1.54, 1.807) is 42.5 Å². The normalized spacial score (nSPS) is 13.3. The van der Waals surface area contributed by atoms with Crippen LogP contribution in [0.15, 0.2) is 84.8 Å². The summed E-state index contributed by atoms with van der Waals surface area (Å²) in [5, 5.41) is 10.5. The fraction of sp³-hybridized carbons (Fsp3) is 0.0769. The molecule has 3 aromatic heterocycles. The number of hydrogen-bond donors (Lipinski definition) is 1. The second kappa shape index (κ2) is 10.8. The zero-order valence-corrected chi connectivity index (χ0v) is 22.1. The van der Waals surface area contributed by atoms with E-state index in [1.165, 1.54) is 37.7 Å². The zero-order chi connectivity index (χ0) is 27.6. The standard InChI is InChI=1S/C26H17F4IN6O2/c1-39-24-10-6-18(14-33-24)19-12-20(26(28,29)30)37(31-19)23-9-8-22(35-36-23)34-25(38)16-4-2-3-15(11-16)17-5-7-21(27)32-13-17/h2-14H,1H3,(H,34,35,38). The van der Waals surface area contributed by atoms with Crippen molar-refractivity contribution >= 4 is 42.1 Å². The molecule has 0 bridgehead atoms. The number of allylic oxidation sites excluding steroid dienone is 2. The van der Waals surface area contributed by atoms with Crippen LogP contribution < -0.4 is 13.2 Å². The van der Waals surface area contributed by atoms with E-state index >= 15 is 0 Å². The molecule has 1 aliphatic rings. The first kappa shape index (κ1) is 26.3. The number of ether oxygens (including phenoxy) is 1. The second-order valence-electron chi connectivity index (χ2n) is 8.01. The number of anilines is 2. The summed E-state index contributed by atoms with van der Waals surface area (Å²) in [6.45, 7) is 0. The van der Waals surface area contributed by atoms with Crippen LogP contribution in [0.4, 0.5) is 29.2 Å². The van der Waals surface area contributed by atoms with Crippen molar-refractivity contribution in [2.75, 3.05) is 15.5 Å². The molecule has 4 aromatic rings. The lowest BCUT2D eigenvalue weighted by atomic mass is 10.0. The van der Waals surface area contributed by atoms with E-state index in [0.717, 1.165) is 9.19 Å². The van der Waals surface area contributed by atoms with Gasteiger partial charge in [0, 0.05) is 59.7 Å². The van der Waals surface area contributed by atoms with Crippen LogP contribution >= 0.6 is 21.0 Å². The molecule has 0 radical (unpaired) electrons. The fourth-order valence-electron chi connectivity index (χ4n) is 3.54. The van der Waals surface area contributed by atoms with Crippen molar-refractivity contribution in [3.63, 3.8) is 0 Å². The Kier molecular flexibility index (Phi) is 7.32. The summed E-state index contributed by atoms with van der Waals surface area (Å²) in [5.74, 6) is -0.686. The highest BCUT2D eigenvalue weighted by Crippen LogP contribution is 2.41. The number of carbonyl (C=O) groups is 1. The maximum absolute atomic E-state index is 13.8. The lowest BCUT2D eigenvalue weighted by Crippen LogP contribution is -2.24. The summed E-state index contributed by atoms with van der Waals surface area (Å²) >= 11 is -1.32. The number of methoxy groups -OCH3 is 1. The predicted molar refractivity (Wildman–Crippen MR) is 145 cm³/mol. The smallest absolute Gasteiger partial charge is 0.432 e. The van der Waals surface area contributed by atoms with Crippen LogP contribution in [0.3, 0.4) is 0 Å². The Balaban J connectivity index is 1.34. The highest BCUT2D eigenvalue weighted by molar-refractivity contribution is 14.2. The highest BCUT2D eigenvalue weighted by Gasteiger charge is 2.41. The molecule has 4 heterocycles. The average Bonchev–Trinajstić information content (AvgIpc) is 3.40. The molecule has 1 aliphatic heterocycles. The summed E-state index contributed by atoms with van der Waals surface area (Å²) in [5.41, 5.74) is 1.28. The van der Waals surface area contributed by atoms with Crippen molar-refractivity contribution in [3.8, 4) is 17.0 Å². The maximum atomic E-state index is 13.8. The Hall–Kier alpha value is -4.27. The average molecular weight is 648 g/mol. The Labute approximate surface area is 229 Å². The van der Waals surface area contributed by atoms with Crippen molar-refractivity contribution in [2.45, 2.75) is 6.18 Å². The fourth-order valence-corrected chi connectivity index (χ4v) is 6.27. The van der Waals surface area contributed by atoms with Gasteiger partial charge in [-0.3, -0.25) is 7.91 Å². The van der Waals surface area contributed by atoms with Gasteiger partial charge in [0.15, 0.2) is 11.6 Å². The highest BCUT2D eigenvalue weighted by atomic mass is 127. The first-order valence-electron chi connectivity index (χ1n) is 11.2. The summed E-state index contributed by atoms with van der Waals surface area (Å²) in [6.07, 6.45) is -0.693. The minimum absolute atomic E-state index is 0.00616. The first-order valence-corrected chi connectivity index (χ1v) is 13.2. The van der Waals surface area contributed by atoms with Crippen molar-refractivity contribution in [1.29, 1.82) is 0 Å². The van der Waals surface area contributed by atoms with Gasteiger partial charge >= 0.3 is 6.18 Å². The topological polar surface area (TPSA) is 93.1 Å². The lowest BCUT2D eigenvalue weighted by Gasteiger charge is -2.19. The van der Waals surface area contributed by atoms with E-state index < -0.39 is 44.7 Å². The van der Waals surface area contributed by atoms with Gasteiger partial charge in [0.2, 0.25) is 11.8 Å². The van der Waals surface area contributed by atoms with E-state index in [1.807, 2.05) is 0 Å². The minimum Gasteiger partial charge on any atom is -0.481 e. The van der Waals surface area contributed by atoms with E-state index in [0.29, 0.717) is 31.6 Å². The second-order valence-corrected chi connectivity index (χ2v) is 10.6. The largest absolute Gasteiger partial charge is 0.481 e. The summed E-state index contributed by atoms with van der Waals surface area (Å²) < 4.78 is 61.3. The molecule has 0 saturated heterocycles. The van der Waals surface area contributed by atoms with Crippen LogP contribution in [0.5, 0.6) is 5.88 Å². The number of amides is 1. The quantitative estimate of drug-likeness (QED) is 0.124. The van der Waals surface area contributed by atoms with Gasteiger partial charge in [-0.25, -0.2) is 9.97 Å². The minimum atomic E-state index is -4.61.